The number of carboxylic acid groups (broad SMARTS) is 2. The molecular formula is C11H9N3O6S. The minimum absolute atomic E-state index is 0.138. The third kappa shape index (κ3) is 3.05. The third-order valence-electron chi connectivity index (χ3n) is 2.48. The molecule has 10 heteroatoms. The highest BCUT2D eigenvalue weighted by Crippen LogP contribution is 2.36. The molecule has 0 amide bonds. The molecule has 0 radical (unpaired) electrons. The zero-order chi connectivity index (χ0) is 15.6. The van der Waals surface area contributed by atoms with Gasteiger partial charge in [-0.05, 0) is 0 Å². The van der Waals surface area contributed by atoms with Crippen molar-refractivity contribution in [3.63, 3.8) is 0 Å². The second-order valence-corrected chi connectivity index (χ2v) is 4.94. The summed E-state index contributed by atoms with van der Waals surface area (Å²) >= 11 is 0.785. The molecule has 21 heavy (non-hydrogen) atoms. The van der Waals surface area contributed by atoms with E-state index in [1.54, 1.807) is 0 Å². The number of aromatic carboxylic acids is 1. The van der Waals surface area contributed by atoms with Gasteiger partial charge in [0.15, 0.2) is 0 Å². The number of aliphatic carboxylic acids is 1. The first-order valence-electron chi connectivity index (χ1n) is 5.61. The lowest BCUT2D eigenvalue weighted by Crippen LogP contribution is -1.99. The molecule has 0 saturated carbocycles. The van der Waals surface area contributed by atoms with E-state index in [-0.39, 0.29) is 24.2 Å². The highest BCUT2D eigenvalue weighted by Gasteiger charge is 2.21. The molecule has 110 valence electrons. The van der Waals surface area contributed by atoms with Crippen LogP contribution in [0.1, 0.15) is 16.8 Å². The number of fused-ring (bicyclic) bond motifs is 1. The number of azo groups is 1. The Kier molecular flexibility index (Phi) is 3.98. The van der Waals surface area contributed by atoms with Crippen LogP contribution in [0, 0.1) is 0 Å². The predicted octanol–water partition coefficient (Wildman–Crippen LogP) is 1.55. The number of aromatic nitrogens is 1. The van der Waals surface area contributed by atoms with Crippen molar-refractivity contribution in [2.75, 3.05) is 6.54 Å². The first-order chi connectivity index (χ1) is 9.90. The Bertz CT molecular complexity index is 806. The van der Waals surface area contributed by atoms with E-state index < -0.39 is 28.1 Å². The molecule has 1 aromatic heterocycles. The zero-order valence-corrected chi connectivity index (χ0v) is 11.2. The van der Waals surface area contributed by atoms with Crippen molar-refractivity contribution in [1.29, 1.82) is 0 Å². The molecule has 2 rings (SSSR count). The van der Waals surface area contributed by atoms with Gasteiger partial charge in [-0.25, -0.2) is 4.79 Å². The van der Waals surface area contributed by atoms with Crippen molar-refractivity contribution in [3.05, 3.63) is 21.3 Å². The van der Waals surface area contributed by atoms with E-state index in [0.717, 1.165) is 17.4 Å². The number of rotatable bonds is 5. The number of H-pyrrole nitrogens is 1. The lowest BCUT2D eigenvalue weighted by atomic mass is 10.1. The summed E-state index contributed by atoms with van der Waals surface area (Å²) in [6.45, 7) is -0.153. The van der Waals surface area contributed by atoms with Crippen LogP contribution in [0.2, 0.25) is 0 Å². The maximum absolute atomic E-state index is 11.3. The summed E-state index contributed by atoms with van der Waals surface area (Å²) < 4.78 is 0.328. The summed E-state index contributed by atoms with van der Waals surface area (Å²) in [4.78, 5) is 34.9. The summed E-state index contributed by atoms with van der Waals surface area (Å²) in [5, 5.41) is 34.6. The topological polar surface area (TPSA) is 152 Å². The van der Waals surface area contributed by atoms with E-state index in [9.17, 15) is 19.5 Å². The van der Waals surface area contributed by atoms with Gasteiger partial charge in [0.05, 0.1) is 23.2 Å². The van der Waals surface area contributed by atoms with Gasteiger partial charge >= 0.3 is 16.8 Å². The largest absolute Gasteiger partial charge is 0.507 e. The van der Waals surface area contributed by atoms with Crippen molar-refractivity contribution in [1.82, 2.24) is 4.98 Å². The molecule has 9 nitrogen and oxygen atoms in total. The summed E-state index contributed by atoms with van der Waals surface area (Å²) in [6.07, 6.45) is -0.270. The summed E-state index contributed by atoms with van der Waals surface area (Å²) in [5.41, 5.74) is -0.573. The van der Waals surface area contributed by atoms with Gasteiger partial charge in [-0.1, -0.05) is 11.3 Å². The molecule has 0 unspecified atom stereocenters. The Balaban J connectivity index is 2.56. The van der Waals surface area contributed by atoms with E-state index in [2.05, 4.69) is 15.2 Å². The van der Waals surface area contributed by atoms with Crippen LogP contribution in [-0.2, 0) is 4.79 Å². The Hall–Kier alpha value is -2.75. The molecule has 2 aromatic rings. The maximum atomic E-state index is 11.3. The normalized spacial score (nSPS) is 11.2. The van der Waals surface area contributed by atoms with E-state index in [0.29, 0.717) is 4.70 Å². The van der Waals surface area contributed by atoms with Crippen LogP contribution in [0.25, 0.3) is 10.2 Å². The number of carboxylic acids is 2. The van der Waals surface area contributed by atoms with Gasteiger partial charge in [0.1, 0.15) is 17.0 Å². The first kappa shape index (κ1) is 14.7. The second-order valence-electron chi connectivity index (χ2n) is 3.92. The van der Waals surface area contributed by atoms with Gasteiger partial charge in [-0.3, -0.25) is 9.59 Å². The molecule has 0 fully saturated rings. The third-order valence-corrected chi connectivity index (χ3v) is 3.31. The fraction of sp³-hybridized carbons (Fsp3) is 0.182. The molecule has 1 heterocycles. The Labute approximate surface area is 120 Å². The van der Waals surface area contributed by atoms with E-state index >= 15 is 0 Å². The molecule has 0 aliphatic carbocycles. The van der Waals surface area contributed by atoms with Crippen LogP contribution in [0.15, 0.2) is 21.1 Å². The number of hydrogen-bond acceptors (Lipinski definition) is 7. The van der Waals surface area contributed by atoms with Crippen LogP contribution in [0.4, 0.5) is 5.69 Å². The van der Waals surface area contributed by atoms with Gasteiger partial charge in [0.2, 0.25) is 0 Å². The number of aromatic hydroxyl groups is 1. The SMILES string of the molecule is O=C(O)CCN=Nc1c(C(=O)O)c(O)cc2sc(=O)[nH]c12. The quantitative estimate of drug-likeness (QED) is 0.614. The summed E-state index contributed by atoms with van der Waals surface area (Å²) in [7, 11) is 0. The number of benzene rings is 1. The van der Waals surface area contributed by atoms with Gasteiger partial charge in [0, 0.05) is 6.07 Å². The monoisotopic (exact) mass is 311 g/mol. The summed E-state index contributed by atoms with van der Waals surface area (Å²) in [5.74, 6) is -3.05. The molecule has 1 aromatic carbocycles. The number of nitrogens with zero attached hydrogens (tertiary/aromatic N) is 2. The van der Waals surface area contributed by atoms with E-state index in [4.69, 9.17) is 10.2 Å². The maximum Gasteiger partial charge on any atom is 0.341 e. The standard InChI is InChI=1S/C11H9N3O6S/c15-4-3-5-8(13-11(20)21-5)9(7(4)10(18)19)14-12-2-1-6(16)17/h3,15H,1-2H2,(H,13,20)(H,16,17)(H,18,19). The molecule has 0 aliphatic rings. The number of aromatic amines is 1. The Morgan fingerprint density at radius 1 is 1.33 bits per heavy atom. The van der Waals surface area contributed by atoms with Crippen molar-refractivity contribution >= 4 is 39.2 Å². The Morgan fingerprint density at radius 2 is 2.05 bits per heavy atom. The number of nitrogens with one attached hydrogen (secondary N) is 1. The zero-order valence-electron chi connectivity index (χ0n) is 10.4. The lowest BCUT2D eigenvalue weighted by Gasteiger charge is -2.04. The minimum atomic E-state index is -1.44. The van der Waals surface area contributed by atoms with Crippen LogP contribution >= 0.6 is 11.3 Å². The van der Waals surface area contributed by atoms with Crippen LogP contribution in [0.5, 0.6) is 5.75 Å². The van der Waals surface area contributed by atoms with Crippen molar-refractivity contribution in [3.8, 4) is 5.75 Å². The molecule has 0 spiro atoms. The number of thiazole rings is 1. The van der Waals surface area contributed by atoms with Gasteiger partial charge in [-0.2, -0.15) is 10.2 Å². The number of hydrogen-bond donors (Lipinski definition) is 4. The summed E-state index contributed by atoms with van der Waals surface area (Å²) in [6, 6.07) is 1.15. The fourth-order valence-electron chi connectivity index (χ4n) is 1.64. The molecule has 0 atom stereocenters. The van der Waals surface area contributed by atoms with E-state index in [1.165, 1.54) is 0 Å². The molecule has 0 aliphatic heterocycles. The van der Waals surface area contributed by atoms with E-state index in [1.807, 2.05) is 0 Å². The smallest absolute Gasteiger partial charge is 0.341 e. The van der Waals surface area contributed by atoms with Crippen LogP contribution in [-0.4, -0.2) is 38.8 Å². The lowest BCUT2D eigenvalue weighted by molar-refractivity contribution is -0.136. The average molecular weight is 311 g/mol. The fourth-order valence-corrected chi connectivity index (χ4v) is 2.41. The molecule has 0 saturated heterocycles. The van der Waals surface area contributed by atoms with Gasteiger partial charge in [0.25, 0.3) is 0 Å². The number of carbonyl (C=O) groups is 2. The first-order valence-corrected chi connectivity index (χ1v) is 6.43. The highest BCUT2D eigenvalue weighted by atomic mass is 32.1. The highest BCUT2D eigenvalue weighted by molar-refractivity contribution is 7.16. The van der Waals surface area contributed by atoms with Crippen LogP contribution < -0.4 is 4.87 Å². The van der Waals surface area contributed by atoms with Gasteiger partial charge in [-0.15, -0.1) is 0 Å². The minimum Gasteiger partial charge on any atom is -0.507 e. The molecule has 4 N–H and O–H groups in total. The second kappa shape index (κ2) is 5.71. The van der Waals surface area contributed by atoms with Crippen LogP contribution in [0.3, 0.4) is 0 Å². The molecule has 0 bridgehead atoms. The number of phenols is 1. The van der Waals surface area contributed by atoms with Gasteiger partial charge < -0.3 is 20.3 Å². The van der Waals surface area contributed by atoms with Crippen molar-refractivity contribution in [2.45, 2.75) is 6.42 Å². The van der Waals surface area contributed by atoms with Crippen molar-refractivity contribution < 1.29 is 24.9 Å². The predicted molar refractivity (Wildman–Crippen MR) is 72.7 cm³/mol. The average Bonchev–Trinajstić information content (AvgIpc) is 2.73. The Morgan fingerprint density at radius 3 is 2.67 bits per heavy atom. The van der Waals surface area contributed by atoms with Crippen molar-refractivity contribution in [2.24, 2.45) is 10.2 Å². The molecular weight excluding hydrogens is 302 g/mol.